The van der Waals surface area contributed by atoms with E-state index in [4.69, 9.17) is 32.3 Å². The number of nitrogen functional groups attached to an aromatic ring is 1. The van der Waals surface area contributed by atoms with Crippen LogP contribution < -0.4 is 5.73 Å². The summed E-state index contributed by atoms with van der Waals surface area (Å²) in [5.74, 6) is -2.12. The second-order valence-corrected chi connectivity index (χ2v) is 5.33. The molecule has 6 nitrogen and oxygen atoms in total. The van der Waals surface area contributed by atoms with E-state index in [1.165, 1.54) is 24.3 Å². The number of ketones is 1. The van der Waals surface area contributed by atoms with E-state index in [-0.39, 0.29) is 16.4 Å². The summed E-state index contributed by atoms with van der Waals surface area (Å²) in [5.41, 5.74) is 7.55. The number of rotatable bonds is 3. The largest absolute Gasteiger partial charge is 0.481 e. The minimum Gasteiger partial charge on any atom is -0.481 e. The van der Waals surface area contributed by atoms with E-state index >= 15 is 0 Å². The lowest BCUT2D eigenvalue weighted by atomic mass is 9.97. The van der Waals surface area contributed by atoms with Crippen molar-refractivity contribution < 1.29 is 24.6 Å². The molecule has 2 aromatic rings. The number of carbonyl (C=O) groups excluding carboxylic acids is 1. The van der Waals surface area contributed by atoms with Gasteiger partial charge in [-0.25, -0.2) is 4.79 Å². The standard InChI is InChI=1S/C15H12ClNO3.C2H4O2/c1-8-6-9(15(19)20)2-4-11(8)14(18)12-5-3-10(17)7-13(12)16;1-2(3)4/h2-7H,17H2,1H3,(H,19,20);1H3,(H,3,4). The Balaban J connectivity index is 0.000000648. The molecule has 0 saturated heterocycles. The molecular weight excluding hydrogens is 334 g/mol. The summed E-state index contributed by atoms with van der Waals surface area (Å²) in [4.78, 5) is 32.3. The number of benzene rings is 2. The molecule has 0 atom stereocenters. The first-order chi connectivity index (χ1) is 11.1. The highest BCUT2D eigenvalue weighted by molar-refractivity contribution is 6.35. The first-order valence-electron chi connectivity index (χ1n) is 6.76. The van der Waals surface area contributed by atoms with Crippen molar-refractivity contribution in [1.29, 1.82) is 0 Å². The maximum atomic E-state index is 12.4. The lowest BCUT2D eigenvalue weighted by Gasteiger charge is -2.08. The molecule has 0 aliphatic heterocycles. The second-order valence-electron chi connectivity index (χ2n) is 4.92. The maximum absolute atomic E-state index is 12.4. The average molecular weight is 350 g/mol. The van der Waals surface area contributed by atoms with Crippen LogP contribution >= 0.6 is 11.6 Å². The van der Waals surface area contributed by atoms with E-state index in [2.05, 4.69) is 0 Å². The fourth-order valence-electron chi connectivity index (χ4n) is 1.91. The Morgan fingerprint density at radius 3 is 2.00 bits per heavy atom. The first-order valence-corrected chi connectivity index (χ1v) is 7.14. The van der Waals surface area contributed by atoms with Crippen LogP contribution in [0.15, 0.2) is 36.4 Å². The number of aliphatic carboxylic acids is 1. The molecule has 24 heavy (non-hydrogen) atoms. The van der Waals surface area contributed by atoms with Gasteiger partial charge in [0.05, 0.1) is 10.6 Å². The highest BCUT2D eigenvalue weighted by atomic mass is 35.5. The molecule has 0 aromatic heterocycles. The maximum Gasteiger partial charge on any atom is 0.335 e. The van der Waals surface area contributed by atoms with Crippen LogP contribution in [0.5, 0.6) is 0 Å². The summed E-state index contributed by atoms with van der Waals surface area (Å²) >= 11 is 6.01. The summed E-state index contributed by atoms with van der Waals surface area (Å²) in [6.07, 6.45) is 0. The molecule has 0 unspecified atom stereocenters. The number of carboxylic acid groups (broad SMARTS) is 2. The Kier molecular flexibility index (Phi) is 6.49. The molecule has 0 aliphatic carbocycles. The molecule has 0 saturated carbocycles. The number of anilines is 1. The van der Waals surface area contributed by atoms with E-state index in [9.17, 15) is 9.59 Å². The smallest absolute Gasteiger partial charge is 0.335 e. The zero-order valence-electron chi connectivity index (χ0n) is 13.0. The summed E-state index contributed by atoms with van der Waals surface area (Å²) in [7, 11) is 0. The van der Waals surface area contributed by atoms with E-state index in [1.54, 1.807) is 19.1 Å². The van der Waals surface area contributed by atoms with Crippen LogP contribution in [0.2, 0.25) is 5.02 Å². The van der Waals surface area contributed by atoms with Crippen LogP contribution in [-0.2, 0) is 4.79 Å². The minimum absolute atomic E-state index is 0.141. The van der Waals surface area contributed by atoms with Crippen LogP contribution in [0.4, 0.5) is 5.69 Å². The van der Waals surface area contributed by atoms with E-state index in [0.717, 1.165) is 6.92 Å². The monoisotopic (exact) mass is 349 g/mol. The molecule has 0 heterocycles. The molecular formula is C17H16ClNO5. The third-order valence-corrected chi connectivity index (χ3v) is 3.27. The van der Waals surface area contributed by atoms with Crippen molar-refractivity contribution in [2.75, 3.05) is 5.73 Å². The number of hydrogen-bond donors (Lipinski definition) is 3. The number of carbonyl (C=O) groups is 3. The molecule has 2 rings (SSSR count). The Morgan fingerprint density at radius 1 is 1.00 bits per heavy atom. The van der Waals surface area contributed by atoms with E-state index in [0.29, 0.717) is 22.4 Å². The second kappa shape index (κ2) is 8.12. The van der Waals surface area contributed by atoms with Gasteiger partial charge in [0.1, 0.15) is 0 Å². The fourth-order valence-corrected chi connectivity index (χ4v) is 2.19. The van der Waals surface area contributed by atoms with Gasteiger partial charge in [0.25, 0.3) is 5.97 Å². The normalized spacial score (nSPS) is 9.62. The Bertz CT molecular complexity index is 798. The number of halogens is 1. The molecule has 0 amide bonds. The van der Waals surface area contributed by atoms with Crippen LogP contribution in [0.3, 0.4) is 0 Å². The van der Waals surface area contributed by atoms with Gasteiger partial charge in [-0.2, -0.15) is 0 Å². The van der Waals surface area contributed by atoms with Crippen LogP contribution in [0.1, 0.15) is 38.8 Å². The van der Waals surface area contributed by atoms with Gasteiger partial charge in [-0.1, -0.05) is 11.6 Å². The molecule has 7 heteroatoms. The summed E-state index contributed by atoms with van der Waals surface area (Å²) in [5, 5.41) is 16.6. The number of aromatic carboxylic acids is 1. The zero-order valence-corrected chi connectivity index (χ0v) is 13.8. The Hall–Kier alpha value is -2.86. The van der Waals surface area contributed by atoms with Crippen molar-refractivity contribution in [3.8, 4) is 0 Å². The lowest BCUT2D eigenvalue weighted by Crippen LogP contribution is -2.06. The van der Waals surface area contributed by atoms with Crippen molar-refractivity contribution in [1.82, 2.24) is 0 Å². The predicted molar refractivity (Wildman–Crippen MR) is 90.7 cm³/mol. The predicted octanol–water partition coefficient (Wildman–Crippen LogP) is 3.25. The number of nitrogens with two attached hydrogens (primary N) is 1. The summed E-state index contributed by atoms with van der Waals surface area (Å²) in [6.45, 7) is 2.77. The van der Waals surface area contributed by atoms with Crippen molar-refractivity contribution in [2.45, 2.75) is 13.8 Å². The van der Waals surface area contributed by atoms with Gasteiger partial charge >= 0.3 is 5.97 Å². The van der Waals surface area contributed by atoms with Crippen molar-refractivity contribution in [3.05, 3.63) is 63.7 Å². The number of carboxylic acids is 2. The van der Waals surface area contributed by atoms with Gasteiger partial charge in [0.15, 0.2) is 5.78 Å². The minimum atomic E-state index is -1.03. The van der Waals surface area contributed by atoms with Gasteiger partial charge in [-0.15, -0.1) is 0 Å². The highest BCUT2D eigenvalue weighted by Crippen LogP contribution is 2.24. The Morgan fingerprint density at radius 2 is 1.54 bits per heavy atom. The molecule has 2 aromatic carbocycles. The number of hydrogen-bond acceptors (Lipinski definition) is 4. The van der Waals surface area contributed by atoms with E-state index < -0.39 is 11.9 Å². The lowest BCUT2D eigenvalue weighted by molar-refractivity contribution is -0.134. The van der Waals surface area contributed by atoms with Crippen LogP contribution in [-0.4, -0.2) is 27.9 Å². The summed E-state index contributed by atoms with van der Waals surface area (Å²) in [6, 6.07) is 9.02. The van der Waals surface area contributed by atoms with Crippen LogP contribution in [0, 0.1) is 6.92 Å². The zero-order chi connectivity index (χ0) is 18.4. The molecule has 0 radical (unpaired) electrons. The van der Waals surface area contributed by atoms with Crippen molar-refractivity contribution in [3.63, 3.8) is 0 Å². The molecule has 0 spiro atoms. The topological polar surface area (TPSA) is 118 Å². The number of aryl methyl sites for hydroxylation is 1. The molecule has 0 aliphatic rings. The van der Waals surface area contributed by atoms with Gasteiger partial charge in [0.2, 0.25) is 0 Å². The molecule has 0 bridgehead atoms. The third kappa shape index (κ3) is 5.10. The highest BCUT2D eigenvalue weighted by Gasteiger charge is 2.16. The van der Waals surface area contributed by atoms with Crippen LogP contribution in [0.25, 0.3) is 0 Å². The third-order valence-electron chi connectivity index (χ3n) is 2.96. The van der Waals surface area contributed by atoms with Gasteiger partial charge in [-0.3, -0.25) is 9.59 Å². The molecule has 126 valence electrons. The molecule has 4 N–H and O–H groups in total. The van der Waals surface area contributed by atoms with E-state index in [1.807, 2.05) is 0 Å². The van der Waals surface area contributed by atoms with Crippen molar-refractivity contribution >= 4 is 35.0 Å². The first kappa shape index (κ1) is 19.2. The SMILES string of the molecule is CC(=O)O.Cc1cc(C(=O)O)ccc1C(=O)c1ccc(N)cc1Cl. The van der Waals surface area contributed by atoms with Gasteiger partial charge < -0.3 is 15.9 Å². The molecule has 0 fully saturated rings. The summed E-state index contributed by atoms with van der Waals surface area (Å²) < 4.78 is 0. The van der Waals surface area contributed by atoms with Gasteiger partial charge in [-0.05, 0) is 48.9 Å². The Labute approximate surface area is 143 Å². The quantitative estimate of drug-likeness (QED) is 0.578. The fraction of sp³-hybridized carbons (Fsp3) is 0.118. The van der Waals surface area contributed by atoms with Crippen molar-refractivity contribution in [2.24, 2.45) is 0 Å². The average Bonchev–Trinajstić information content (AvgIpc) is 2.45. The van der Waals surface area contributed by atoms with Gasteiger partial charge in [0, 0.05) is 23.7 Å².